The van der Waals surface area contributed by atoms with Crippen LogP contribution in [0.25, 0.3) is 0 Å². The fourth-order valence-electron chi connectivity index (χ4n) is 1.91. The van der Waals surface area contributed by atoms with Gasteiger partial charge in [-0.25, -0.2) is 0 Å². The summed E-state index contributed by atoms with van der Waals surface area (Å²) in [4.78, 5) is 11.8. The van der Waals surface area contributed by atoms with E-state index >= 15 is 0 Å². The van der Waals surface area contributed by atoms with Crippen LogP contribution in [0.5, 0.6) is 0 Å². The van der Waals surface area contributed by atoms with Crippen molar-refractivity contribution in [3.63, 3.8) is 0 Å². The summed E-state index contributed by atoms with van der Waals surface area (Å²) in [6.07, 6.45) is 1.14. The van der Waals surface area contributed by atoms with E-state index in [0.717, 1.165) is 12.8 Å². The third-order valence-electron chi connectivity index (χ3n) is 3.60. The molecule has 0 aromatic carbocycles. The average molecular weight is 274 g/mol. The Labute approximate surface area is 115 Å². The van der Waals surface area contributed by atoms with Gasteiger partial charge in [0.1, 0.15) is 6.10 Å². The van der Waals surface area contributed by atoms with Crippen molar-refractivity contribution < 1.29 is 24.1 Å². The van der Waals surface area contributed by atoms with Crippen LogP contribution in [0.2, 0.25) is 0 Å². The Morgan fingerprint density at radius 2 is 2.21 bits per heavy atom. The molecule has 1 fully saturated rings. The van der Waals surface area contributed by atoms with Crippen molar-refractivity contribution in [1.82, 2.24) is 0 Å². The predicted octanol–water partition coefficient (Wildman–Crippen LogP) is 1.87. The van der Waals surface area contributed by atoms with Crippen LogP contribution in [-0.4, -0.2) is 42.3 Å². The summed E-state index contributed by atoms with van der Waals surface area (Å²) in [6.45, 7) is 8.19. The normalized spacial score (nSPS) is 30.1. The fourth-order valence-corrected chi connectivity index (χ4v) is 1.91. The maximum Gasteiger partial charge on any atom is 0.311 e. The minimum absolute atomic E-state index is 0.304. The minimum Gasteiger partial charge on any atom is -0.465 e. The molecule has 0 aromatic rings. The molecule has 0 amide bonds. The largest absolute Gasteiger partial charge is 0.465 e. The van der Waals surface area contributed by atoms with Gasteiger partial charge in [0.2, 0.25) is 0 Å². The first-order valence-corrected chi connectivity index (χ1v) is 7.10. The molecule has 112 valence electrons. The van der Waals surface area contributed by atoms with Crippen LogP contribution in [-0.2, 0) is 19.0 Å². The van der Waals surface area contributed by atoms with Crippen molar-refractivity contribution in [3.05, 3.63) is 0 Å². The number of hydrogen-bond donors (Lipinski definition) is 1. The molecule has 1 aliphatic rings. The van der Waals surface area contributed by atoms with Gasteiger partial charge < -0.3 is 19.3 Å². The lowest BCUT2D eigenvalue weighted by molar-refractivity contribution is -0.176. The minimum atomic E-state index is -0.900. The quantitative estimate of drug-likeness (QED) is 0.567. The van der Waals surface area contributed by atoms with E-state index in [0.29, 0.717) is 19.6 Å². The van der Waals surface area contributed by atoms with Crippen molar-refractivity contribution in [1.29, 1.82) is 0 Å². The second kappa shape index (κ2) is 7.22. The van der Waals surface area contributed by atoms with Gasteiger partial charge in [0.25, 0.3) is 0 Å². The Kier molecular flexibility index (Phi) is 6.23. The summed E-state index contributed by atoms with van der Waals surface area (Å²) in [7, 11) is 0. The molecule has 0 aromatic heterocycles. The van der Waals surface area contributed by atoms with Gasteiger partial charge in [0, 0.05) is 0 Å². The predicted molar refractivity (Wildman–Crippen MR) is 70.6 cm³/mol. The Balaban J connectivity index is 2.44. The summed E-state index contributed by atoms with van der Waals surface area (Å²) >= 11 is 0. The van der Waals surface area contributed by atoms with Crippen molar-refractivity contribution >= 4 is 5.97 Å². The van der Waals surface area contributed by atoms with Crippen molar-refractivity contribution in [2.45, 2.75) is 65.0 Å². The monoisotopic (exact) mass is 274 g/mol. The number of carbonyl (C=O) groups excluding carboxylic acids is 1. The SMILES string of the molecule is CCCCOC(=O)[C@H](C)[C@@H](O)[C@H]1COC(C)(CC)O1. The molecule has 1 rings (SSSR count). The van der Waals surface area contributed by atoms with Gasteiger partial charge in [0.15, 0.2) is 5.79 Å². The number of hydrogen-bond acceptors (Lipinski definition) is 5. The molecule has 1 aliphatic heterocycles. The first-order valence-electron chi connectivity index (χ1n) is 7.10. The highest BCUT2D eigenvalue weighted by molar-refractivity contribution is 5.72. The number of ether oxygens (including phenoxy) is 3. The van der Waals surface area contributed by atoms with Crippen LogP contribution >= 0.6 is 0 Å². The molecule has 1 heterocycles. The number of rotatable bonds is 7. The second-order valence-corrected chi connectivity index (χ2v) is 5.25. The molecule has 0 radical (unpaired) electrons. The van der Waals surface area contributed by atoms with E-state index in [2.05, 4.69) is 0 Å². The summed E-state index contributed by atoms with van der Waals surface area (Å²) in [6, 6.07) is 0. The lowest BCUT2D eigenvalue weighted by Crippen LogP contribution is -2.39. The molecule has 1 unspecified atom stereocenters. The summed E-state index contributed by atoms with van der Waals surface area (Å²) in [5, 5.41) is 10.2. The first kappa shape index (κ1) is 16.4. The van der Waals surface area contributed by atoms with E-state index in [9.17, 15) is 9.90 Å². The molecule has 0 saturated carbocycles. The third-order valence-corrected chi connectivity index (χ3v) is 3.60. The zero-order valence-corrected chi connectivity index (χ0v) is 12.3. The van der Waals surface area contributed by atoms with Crippen LogP contribution in [0.4, 0.5) is 0 Å². The van der Waals surface area contributed by atoms with E-state index in [1.807, 2.05) is 20.8 Å². The molecule has 5 heteroatoms. The van der Waals surface area contributed by atoms with Crippen molar-refractivity contribution in [2.75, 3.05) is 13.2 Å². The van der Waals surface area contributed by atoms with Gasteiger partial charge in [-0.05, 0) is 26.7 Å². The molecule has 0 aliphatic carbocycles. The lowest BCUT2D eigenvalue weighted by Gasteiger charge is -2.25. The highest BCUT2D eigenvalue weighted by Gasteiger charge is 2.42. The van der Waals surface area contributed by atoms with Gasteiger partial charge in [-0.2, -0.15) is 0 Å². The van der Waals surface area contributed by atoms with Gasteiger partial charge in [0.05, 0.1) is 25.2 Å². The Morgan fingerprint density at radius 3 is 2.74 bits per heavy atom. The maximum atomic E-state index is 11.8. The summed E-state index contributed by atoms with van der Waals surface area (Å²) < 4.78 is 16.3. The van der Waals surface area contributed by atoms with Crippen LogP contribution < -0.4 is 0 Å². The molecule has 0 bridgehead atoms. The van der Waals surface area contributed by atoms with E-state index in [-0.39, 0.29) is 5.97 Å². The van der Waals surface area contributed by atoms with Gasteiger partial charge in [-0.1, -0.05) is 20.3 Å². The second-order valence-electron chi connectivity index (χ2n) is 5.25. The molecular formula is C14H26O5. The topological polar surface area (TPSA) is 65.0 Å². The first-order chi connectivity index (χ1) is 8.93. The van der Waals surface area contributed by atoms with Crippen molar-refractivity contribution in [2.24, 2.45) is 5.92 Å². The van der Waals surface area contributed by atoms with E-state index in [1.165, 1.54) is 0 Å². The number of carbonyl (C=O) groups is 1. The Hall–Kier alpha value is -0.650. The molecule has 19 heavy (non-hydrogen) atoms. The molecule has 5 nitrogen and oxygen atoms in total. The van der Waals surface area contributed by atoms with Gasteiger partial charge in [-0.15, -0.1) is 0 Å². The lowest BCUT2D eigenvalue weighted by atomic mass is 10.0. The maximum absolute atomic E-state index is 11.8. The van der Waals surface area contributed by atoms with Crippen molar-refractivity contribution in [3.8, 4) is 0 Å². The number of esters is 1. The zero-order valence-electron chi connectivity index (χ0n) is 12.3. The fraction of sp³-hybridized carbons (Fsp3) is 0.929. The summed E-state index contributed by atoms with van der Waals surface area (Å²) in [5.41, 5.74) is 0. The summed E-state index contributed by atoms with van der Waals surface area (Å²) in [5.74, 6) is -1.64. The Morgan fingerprint density at radius 1 is 1.53 bits per heavy atom. The van der Waals surface area contributed by atoms with Gasteiger partial charge in [-0.3, -0.25) is 4.79 Å². The number of unbranched alkanes of at least 4 members (excludes halogenated alkanes) is 1. The van der Waals surface area contributed by atoms with E-state index < -0.39 is 23.9 Å². The molecule has 4 atom stereocenters. The smallest absolute Gasteiger partial charge is 0.311 e. The van der Waals surface area contributed by atoms with Crippen LogP contribution in [0, 0.1) is 5.92 Å². The number of aliphatic hydroxyl groups is 1. The zero-order chi connectivity index (χ0) is 14.5. The third kappa shape index (κ3) is 4.44. The van der Waals surface area contributed by atoms with Crippen LogP contribution in [0.15, 0.2) is 0 Å². The Bertz CT molecular complexity index is 294. The average Bonchev–Trinajstić information content (AvgIpc) is 2.80. The highest BCUT2D eigenvalue weighted by atomic mass is 16.7. The molecule has 1 N–H and O–H groups in total. The van der Waals surface area contributed by atoms with Crippen LogP contribution in [0.1, 0.15) is 47.0 Å². The molecule has 0 spiro atoms. The highest BCUT2D eigenvalue weighted by Crippen LogP contribution is 2.29. The van der Waals surface area contributed by atoms with Crippen LogP contribution in [0.3, 0.4) is 0 Å². The number of aliphatic hydroxyl groups excluding tert-OH is 1. The standard InChI is InChI=1S/C14H26O5/c1-5-7-8-17-13(16)10(3)12(15)11-9-18-14(4,6-2)19-11/h10-12,15H,5-9H2,1-4H3/t10-,11-,12-,14?/m1/s1. The molecule has 1 saturated heterocycles. The van der Waals surface area contributed by atoms with E-state index in [4.69, 9.17) is 14.2 Å². The van der Waals surface area contributed by atoms with E-state index in [1.54, 1.807) is 6.92 Å². The van der Waals surface area contributed by atoms with Gasteiger partial charge >= 0.3 is 5.97 Å². The molecular weight excluding hydrogens is 248 g/mol.